The van der Waals surface area contributed by atoms with Crippen LogP contribution in [0.15, 0.2) is 17.0 Å². The van der Waals surface area contributed by atoms with Gasteiger partial charge in [0.2, 0.25) is 5.75 Å². The molecule has 0 radical (unpaired) electrons. The number of hydrogen-bond acceptors (Lipinski definition) is 6. The van der Waals surface area contributed by atoms with Gasteiger partial charge in [-0.3, -0.25) is 0 Å². The second kappa shape index (κ2) is 6.30. The number of hydrogen-bond donors (Lipinski definition) is 0. The van der Waals surface area contributed by atoms with Crippen LogP contribution in [0.4, 0.5) is 0 Å². The highest BCUT2D eigenvalue weighted by molar-refractivity contribution is 7.95. The zero-order chi connectivity index (χ0) is 15.3. The van der Waals surface area contributed by atoms with Gasteiger partial charge < -0.3 is 14.2 Å². The Labute approximate surface area is 118 Å². The number of nitrogens with zero attached hydrogens (tertiary/aromatic N) is 1. The van der Waals surface area contributed by atoms with E-state index < -0.39 is 9.84 Å². The van der Waals surface area contributed by atoms with E-state index in [1.54, 1.807) is 18.2 Å². The second-order valence-corrected chi connectivity index (χ2v) is 5.84. The first kappa shape index (κ1) is 15.9. The molecule has 0 aliphatic heterocycles. The van der Waals surface area contributed by atoms with Gasteiger partial charge in [0.15, 0.2) is 21.3 Å². The lowest BCUT2D eigenvalue weighted by Gasteiger charge is -2.12. The van der Waals surface area contributed by atoms with Crippen molar-refractivity contribution >= 4 is 15.9 Å². The van der Waals surface area contributed by atoms with Crippen LogP contribution in [-0.4, -0.2) is 36.0 Å². The highest BCUT2D eigenvalue weighted by Crippen LogP contribution is 2.38. The summed E-state index contributed by atoms with van der Waals surface area (Å²) in [6, 6.07) is 4.77. The third-order valence-corrected chi connectivity index (χ3v) is 3.50. The molecule has 0 saturated heterocycles. The van der Waals surface area contributed by atoms with Crippen molar-refractivity contribution < 1.29 is 22.6 Å². The Morgan fingerprint density at radius 2 is 1.65 bits per heavy atom. The van der Waals surface area contributed by atoms with Gasteiger partial charge in [0.25, 0.3) is 0 Å². The molecule has 6 nitrogen and oxygen atoms in total. The Bertz CT molecular complexity index is 645. The van der Waals surface area contributed by atoms with Crippen molar-refractivity contribution in [3.63, 3.8) is 0 Å². The fraction of sp³-hybridized carbons (Fsp3) is 0.308. The SMILES string of the molecule is COc1cc(/C=C(\C#N)S(C)(=O)=O)cc(OC)c1OC. The quantitative estimate of drug-likeness (QED) is 0.768. The topological polar surface area (TPSA) is 85.6 Å². The molecular weight excluding hydrogens is 282 g/mol. The van der Waals surface area contributed by atoms with Crippen LogP contribution >= 0.6 is 0 Å². The van der Waals surface area contributed by atoms with Crippen LogP contribution in [0.3, 0.4) is 0 Å². The van der Waals surface area contributed by atoms with Gasteiger partial charge in [-0.2, -0.15) is 5.26 Å². The van der Waals surface area contributed by atoms with E-state index in [1.807, 2.05) is 0 Å². The molecule has 0 aromatic heterocycles. The maximum atomic E-state index is 11.4. The van der Waals surface area contributed by atoms with Crippen molar-refractivity contribution in [2.45, 2.75) is 0 Å². The Morgan fingerprint density at radius 1 is 1.15 bits per heavy atom. The van der Waals surface area contributed by atoms with Crippen molar-refractivity contribution in [1.82, 2.24) is 0 Å². The minimum atomic E-state index is -3.58. The number of methoxy groups -OCH3 is 3. The van der Waals surface area contributed by atoms with Crippen LogP contribution in [-0.2, 0) is 9.84 Å². The summed E-state index contributed by atoms with van der Waals surface area (Å²) in [5, 5.41) is 8.89. The Kier molecular flexibility index (Phi) is 5.00. The number of sulfone groups is 1. The Hall–Kier alpha value is -2.20. The average Bonchev–Trinajstić information content (AvgIpc) is 2.41. The number of rotatable bonds is 5. The zero-order valence-corrected chi connectivity index (χ0v) is 12.4. The molecule has 0 N–H and O–H groups in total. The normalized spacial score (nSPS) is 11.7. The number of benzene rings is 1. The Morgan fingerprint density at radius 3 is 1.95 bits per heavy atom. The lowest BCUT2D eigenvalue weighted by molar-refractivity contribution is 0.324. The van der Waals surface area contributed by atoms with Gasteiger partial charge in [0.1, 0.15) is 11.0 Å². The van der Waals surface area contributed by atoms with E-state index >= 15 is 0 Å². The molecule has 0 saturated carbocycles. The molecule has 0 unspecified atom stereocenters. The number of allylic oxidation sites excluding steroid dienone is 1. The summed E-state index contributed by atoms with van der Waals surface area (Å²) >= 11 is 0. The first-order valence-corrected chi connectivity index (χ1v) is 7.38. The van der Waals surface area contributed by atoms with Crippen molar-refractivity contribution in [3.05, 3.63) is 22.6 Å². The predicted molar refractivity (Wildman–Crippen MR) is 74.5 cm³/mol. The van der Waals surface area contributed by atoms with E-state index in [1.165, 1.54) is 27.4 Å². The van der Waals surface area contributed by atoms with Crippen LogP contribution in [0.25, 0.3) is 6.08 Å². The molecule has 0 aliphatic rings. The molecule has 0 fully saturated rings. The maximum Gasteiger partial charge on any atom is 0.203 e. The summed E-state index contributed by atoms with van der Waals surface area (Å²) in [4.78, 5) is -0.341. The van der Waals surface area contributed by atoms with Crippen LogP contribution in [0.2, 0.25) is 0 Å². The minimum absolute atomic E-state index is 0.341. The van der Waals surface area contributed by atoms with Gasteiger partial charge in [-0.05, 0) is 23.8 Å². The number of nitriles is 1. The predicted octanol–water partition coefficient (Wildman–Crippen LogP) is 1.62. The molecule has 20 heavy (non-hydrogen) atoms. The van der Waals surface area contributed by atoms with Gasteiger partial charge in [-0.25, -0.2) is 8.42 Å². The van der Waals surface area contributed by atoms with Crippen molar-refractivity contribution in [2.24, 2.45) is 0 Å². The third-order valence-electron chi connectivity index (χ3n) is 2.49. The monoisotopic (exact) mass is 297 g/mol. The first-order valence-electron chi connectivity index (χ1n) is 5.49. The van der Waals surface area contributed by atoms with E-state index in [0.29, 0.717) is 22.8 Å². The zero-order valence-electron chi connectivity index (χ0n) is 11.6. The molecule has 0 amide bonds. The highest BCUT2D eigenvalue weighted by Gasteiger charge is 2.15. The van der Waals surface area contributed by atoms with Gasteiger partial charge in [-0.15, -0.1) is 0 Å². The molecule has 0 heterocycles. The van der Waals surface area contributed by atoms with E-state index in [0.717, 1.165) is 6.26 Å². The van der Waals surface area contributed by atoms with E-state index in [9.17, 15) is 8.42 Å². The van der Waals surface area contributed by atoms with Crippen LogP contribution in [0.5, 0.6) is 17.2 Å². The van der Waals surface area contributed by atoms with Gasteiger partial charge in [0.05, 0.1) is 21.3 Å². The molecule has 7 heteroatoms. The maximum absolute atomic E-state index is 11.4. The fourth-order valence-electron chi connectivity index (χ4n) is 1.56. The molecule has 0 bridgehead atoms. The summed E-state index contributed by atoms with van der Waals surface area (Å²) in [6.45, 7) is 0. The molecule has 0 atom stereocenters. The van der Waals surface area contributed by atoms with Crippen molar-refractivity contribution in [3.8, 4) is 23.3 Å². The first-order chi connectivity index (χ1) is 9.37. The molecule has 108 valence electrons. The summed E-state index contributed by atoms with van der Waals surface area (Å²) in [7, 11) is 0.786. The molecular formula is C13H15NO5S. The van der Waals surface area contributed by atoms with E-state index in [2.05, 4.69) is 0 Å². The third kappa shape index (κ3) is 3.42. The smallest absolute Gasteiger partial charge is 0.203 e. The van der Waals surface area contributed by atoms with Crippen LogP contribution in [0, 0.1) is 11.3 Å². The van der Waals surface area contributed by atoms with Gasteiger partial charge in [0, 0.05) is 6.26 Å². The van der Waals surface area contributed by atoms with Crippen LogP contribution in [0.1, 0.15) is 5.56 Å². The largest absolute Gasteiger partial charge is 0.493 e. The van der Waals surface area contributed by atoms with E-state index in [4.69, 9.17) is 19.5 Å². The molecule has 0 spiro atoms. The second-order valence-electron chi connectivity index (χ2n) is 3.85. The lowest BCUT2D eigenvalue weighted by Crippen LogP contribution is -1.99. The van der Waals surface area contributed by atoms with Crippen LogP contribution < -0.4 is 14.2 Å². The van der Waals surface area contributed by atoms with E-state index in [-0.39, 0.29) is 4.91 Å². The lowest BCUT2D eigenvalue weighted by atomic mass is 10.1. The number of ether oxygens (including phenoxy) is 3. The van der Waals surface area contributed by atoms with Gasteiger partial charge in [-0.1, -0.05) is 0 Å². The minimum Gasteiger partial charge on any atom is -0.493 e. The summed E-state index contributed by atoms with van der Waals surface area (Å²) < 4.78 is 38.3. The molecule has 1 aromatic rings. The summed E-state index contributed by atoms with van der Waals surface area (Å²) in [5.41, 5.74) is 0.460. The average molecular weight is 297 g/mol. The Balaban J connectivity index is 3.49. The molecule has 1 rings (SSSR count). The standard InChI is InChI=1S/C13H15NO5S/c1-17-11-6-9(5-10(8-14)20(4,15)16)7-12(18-2)13(11)19-3/h5-7H,1-4H3/b10-5+. The van der Waals surface area contributed by atoms with Crippen molar-refractivity contribution in [1.29, 1.82) is 5.26 Å². The molecule has 1 aromatic carbocycles. The fourth-order valence-corrected chi connectivity index (χ4v) is 2.07. The van der Waals surface area contributed by atoms with Gasteiger partial charge >= 0.3 is 0 Å². The summed E-state index contributed by atoms with van der Waals surface area (Å²) in [5.74, 6) is 1.15. The highest BCUT2D eigenvalue weighted by atomic mass is 32.2. The summed E-state index contributed by atoms with van der Waals surface area (Å²) in [6.07, 6.45) is 2.22. The molecule has 0 aliphatic carbocycles. The van der Waals surface area contributed by atoms with Crippen molar-refractivity contribution in [2.75, 3.05) is 27.6 Å².